The average molecular weight is 371 g/mol. The van der Waals surface area contributed by atoms with Gasteiger partial charge in [-0.05, 0) is 31.4 Å². The second kappa shape index (κ2) is 9.97. The van der Waals surface area contributed by atoms with Crippen molar-refractivity contribution in [3.63, 3.8) is 0 Å². The molecule has 2 fully saturated rings. The van der Waals surface area contributed by atoms with E-state index in [9.17, 15) is 4.79 Å². The number of carbonyl (C=O) groups is 1. The van der Waals surface area contributed by atoms with Crippen LogP contribution in [-0.4, -0.2) is 51.0 Å². The van der Waals surface area contributed by atoms with Crippen LogP contribution in [0.5, 0.6) is 5.75 Å². The van der Waals surface area contributed by atoms with Crippen molar-refractivity contribution in [1.29, 1.82) is 0 Å². The second-order valence-electron chi connectivity index (χ2n) is 6.34. The molecule has 2 heterocycles. The normalized spacial score (nSPS) is 22.9. The molecule has 2 unspecified atom stereocenters. The Labute approximate surface area is 155 Å². The highest BCUT2D eigenvalue weighted by Crippen LogP contribution is 2.22. The molecule has 0 bridgehead atoms. The molecule has 3 rings (SSSR count). The Kier molecular flexibility index (Phi) is 7.96. The van der Waals surface area contributed by atoms with Crippen LogP contribution in [0.15, 0.2) is 18.2 Å². The van der Waals surface area contributed by atoms with Crippen LogP contribution in [0.2, 0.25) is 0 Å². The molecule has 140 valence electrons. The van der Waals surface area contributed by atoms with E-state index in [4.69, 9.17) is 14.2 Å². The number of hydrogen-bond donors (Lipinski definition) is 2. The molecule has 2 aliphatic heterocycles. The zero-order valence-electron chi connectivity index (χ0n) is 14.6. The van der Waals surface area contributed by atoms with Gasteiger partial charge in [-0.3, -0.25) is 4.79 Å². The third-order valence-electron chi connectivity index (χ3n) is 4.34. The fourth-order valence-electron chi connectivity index (χ4n) is 2.93. The molecular weight excluding hydrogens is 344 g/mol. The topological polar surface area (TPSA) is 68.8 Å². The van der Waals surface area contributed by atoms with Gasteiger partial charge in [-0.15, -0.1) is 12.4 Å². The maximum Gasteiger partial charge on any atom is 0.250 e. The third-order valence-corrected chi connectivity index (χ3v) is 4.34. The lowest BCUT2D eigenvalue weighted by molar-refractivity contribution is -0.134. The Morgan fingerprint density at radius 2 is 2.24 bits per heavy atom. The molecule has 1 amide bonds. The maximum atomic E-state index is 12.2. The van der Waals surface area contributed by atoms with Gasteiger partial charge in [0.1, 0.15) is 18.5 Å². The number of hydrogen-bond acceptors (Lipinski definition) is 5. The van der Waals surface area contributed by atoms with E-state index in [1.165, 1.54) is 0 Å². The predicted molar refractivity (Wildman–Crippen MR) is 97.4 cm³/mol. The minimum absolute atomic E-state index is 0. The molecular formula is C18H27ClN2O4. The Bertz CT molecular complexity index is 558. The first-order chi connectivity index (χ1) is 11.7. The number of halogens is 1. The quantitative estimate of drug-likeness (QED) is 0.795. The van der Waals surface area contributed by atoms with E-state index in [1.807, 2.05) is 25.1 Å². The first kappa shape index (κ1) is 20.0. The van der Waals surface area contributed by atoms with Crippen LogP contribution in [0.3, 0.4) is 0 Å². The van der Waals surface area contributed by atoms with Crippen molar-refractivity contribution in [2.75, 3.05) is 32.9 Å². The van der Waals surface area contributed by atoms with Crippen molar-refractivity contribution in [1.82, 2.24) is 10.6 Å². The fourth-order valence-corrected chi connectivity index (χ4v) is 2.93. The number of amides is 1. The van der Waals surface area contributed by atoms with Crippen molar-refractivity contribution in [2.45, 2.75) is 38.5 Å². The summed E-state index contributed by atoms with van der Waals surface area (Å²) >= 11 is 0. The molecule has 0 aliphatic carbocycles. The summed E-state index contributed by atoms with van der Waals surface area (Å²) in [5.41, 5.74) is 2.10. The van der Waals surface area contributed by atoms with Crippen LogP contribution >= 0.6 is 12.4 Å². The molecule has 0 spiro atoms. The highest BCUT2D eigenvalue weighted by molar-refractivity contribution is 5.85. The van der Waals surface area contributed by atoms with E-state index >= 15 is 0 Å². The van der Waals surface area contributed by atoms with Crippen molar-refractivity contribution in [2.24, 2.45) is 0 Å². The lowest BCUT2D eigenvalue weighted by atomic mass is 10.1. The minimum Gasteiger partial charge on any atom is -0.491 e. The van der Waals surface area contributed by atoms with Crippen LogP contribution in [0.1, 0.15) is 24.0 Å². The van der Waals surface area contributed by atoms with Gasteiger partial charge in [-0.1, -0.05) is 12.1 Å². The molecule has 0 aromatic heterocycles. The van der Waals surface area contributed by atoms with E-state index in [0.29, 0.717) is 26.3 Å². The Morgan fingerprint density at radius 3 is 2.96 bits per heavy atom. The molecule has 1 aromatic rings. The molecule has 6 nitrogen and oxygen atoms in total. The molecule has 2 N–H and O–H groups in total. The third kappa shape index (κ3) is 5.85. The highest BCUT2D eigenvalue weighted by Gasteiger charge is 2.22. The standard InChI is InChI=1S/C18H26N2O4.ClH/c1-13-4-5-14(10-20-18(21)17-11-19-6-8-23-17)16(9-13)24-12-15-3-2-7-22-15;/h4-5,9,15,17,19H,2-3,6-8,10-12H2,1H3,(H,20,21);1H. The summed E-state index contributed by atoms with van der Waals surface area (Å²) in [4.78, 5) is 12.2. The van der Waals surface area contributed by atoms with Crippen LogP contribution in [-0.2, 0) is 20.8 Å². The lowest BCUT2D eigenvalue weighted by Crippen LogP contribution is -2.47. The number of rotatable bonds is 6. The Balaban J connectivity index is 0.00000225. The van der Waals surface area contributed by atoms with E-state index in [1.54, 1.807) is 0 Å². The van der Waals surface area contributed by atoms with Crippen molar-refractivity contribution in [3.8, 4) is 5.75 Å². The van der Waals surface area contributed by atoms with Gasteiger partial charge in [0.05, 0.1) is 12.7 Å². The van der Waals surface area contributed by atoms with E-state index in [0.717, 1.165) is 42.9 Å². The Morgan fingerprint density at radius 1 is 1.36 bits per heavy atom. The molecule has 25 heavy (non-hydrogen) atoms. The molecule has 2 atom stereocenters. The summed E-state index contributed by atoms with van der Waals surface area (Å²) in [5, 5.41) is 6.10. The van der Waals surface area contributed by atoms with Crippen LogP contribution in [0.25, 0.3) is 0 Å². The zero-order valence-corrected chi connectivity index (χ0v) is 15.4. The number of aryl methyl sites for hydroxylation is 1. The van der Waals surface area contributed by atoms with Crippen LogP contribution in [0, 0.1) is 6.92 Å². The lowest BCUT2D eigenvalue weighted by Gasteiger charge is -2.23. The number of carbonyl (C=O) groups excluding carboxylic acids is 1. The summed E-state index contributed by atoms with van der Waals surface area (Å²) < 4.78 is 17.0. The summed E-state index contributed by atoms with van der Waals surface area (Å²) in [6.45, 7) is 5.76. The molecule has 2 saturated heterocycles. The molecule has 0 radical (unpaired) electrons. The van der Waals surface area contributed by atoms with E-state index < -0.39 is 6.10 Å². The summed E-state index contributed by atoms with van der Waals surface area (Å²) in [7, 11) is 0. The number of ether oxygens (including phenoxy) is 3. The number of benzene rings is 1. The Hall–Kier alpha value is -1.34. The molecule has 7 heteroatoms. The SMILES string of the molecule is Cc1ccc(CNC(=O)C2CNCCO2)c(OCC2CCCO2)c1.Cl. The van der Waals surface area contributed by atoms with Gasteiger partial charge in [-0.25, -0.2) is 0 Å². The number of nitrogens with one attached hydrogen (secondary N) is 2. The fraction of sp³-hybridized carbons (Fsp3) is 0.611. The zero-order chi connectivity index (χ0) is 16.8. The van der Waals surface area contributed by atoms with E-state index in [2.05, 4.69) is 10.6 Å². The maximum absolute atomic E-state index is 12.2. The minimum atomic E-state index is -0.416. The number of morpholine rings is 1. The highest BCUT2D eigenvalue weighted by atomic mass is 35.5. The van der Waals surface area contributed by atoms with Gasteiger partial charge in [0.2, 0.25) is 0 Å². The van der Waals surface area contributed by atoms with Crippen molar-refractivity contribution < 1.29 is 19.0 Å². The van der Waals surface area contributed by atoms with Crippen LogP contribution in [0.4, 0.5) is 0 Å². The summed E-state index contributed by atoms with van der Waals surface area (Å²) in [6, 6.07) is 6.04. The van der Waals surface area contributed by atoms with Gasteiger partial charge in [0.25, 0.3) is 5.91 Å². The van der Waals surface area contributed by atoms with Crippen LogP contribution < -0.4 is 15.4 Å². The van der Waals surface area contributed by atoms with E-state index in [-0.39, 0.29) is 24.4 Å². The molecule has 2 aliphatic rings. The monoisotopic (exact) mass is 370 g/mol. The second-order valence-corrected chi connectivity index (χ2v) is 6.34. The van der Waals surface area contributed by atoms with Crippen molar-refractivity contribution in [3.05, 3.63) is 29.3 Å². The predicted octanol–water partition coefficient (Wildman–Crippen LogP) is 1.58. The van der Waals surface area contributed by atoms with Gasteiger partial charge in [0, 0.05) is 31.8 Å². The molecule has 1 aromatic carbocycles. The first-order valence-corrected chi connectivity index (χ1v) is 8.66. The average Bonchev–Trinajstić information content (AvgIpc) is 3.13. The van der Waals surface area contributed by atoms with Gasteiger partial charge >= 0.3 is 0 Å². The molecule has 0 saturated carbocycles. The summed E-state index contributed by atoms with van der Waals surface area (Å²) in [6.07, 6.45) is 1.90. The summed E-state index contributed by atoms with van der Waals surface area (Å²) in [5.74, 6) is 0.723. The first-order valence-electron chi connectivity index (χ1n) is 8.66. The van der Waals surface area contributed by atoms with Gasteiger partial charge in [-0.2, -0.15) is 0 Å². The smallest absolute Gasteiger partial charge is 0.250 e. The van der Waals surface area contributed by atoms with Gasteiger partial charge < -0.3 is 24.8 Å². The van der Waals surface area contributed by atoms with Crippen molar-refractivity contribution >= 4 is 18.3 Å². The van der Waals surface area contributed by atoms with Gasteiger partial charge in [0.15, 0.2) is 0 Å². The largest absolute Gasteiger partial charge is 0.491 e.